The van der Waals surface area contributed by atoms with Crippen molar-refractivity contribution in [3.63, 3.8) is 0 Å². The third-order valence-corrected chi connectivity index (χ3v) is 3.90. The molecule has 1 aromatic carbocycles. The molecule has 0 spiro atoms. The van der Waals surface area contributed by atoms with E-state index in [4.69, 9.17) is 0 Å². The Hall–Kier alpha value is -2.30. The van der Waals surface area contributed by atoms with Crippen LogP contribution in [0, 0.1) is 6.92 Å². The molecule has 5 nitrogen and oxygen atoms in total. The lowest BCUT2D eigenvalue weighted by Crippen LogP contribution is -2.03. The van der Waals surface area contributed by atoms with Crippen molar-refractivity contribution < 1.29 is 9.90 Å². The number of hydrogen-bond acceptors (Lipinski definition) is 2. The minimum atomic E-state index is -0.930. The zero-order valence-electron chi connectivity index (χ0n) is 12.0. The zero-order chi connectivity index (χ0) is 14.6. The van der Waals surface area contributed by atoms with Gasteiger partial charge in [0, 0.05) is 12.7 Å². The second-order valence-electron chi connectivity index (χ2n) is 5.45. The number of hydrogen-bond donors (Lipinski definition) is 1. The maximum atomic E-state index is 11.5. The second-order valence-corrected chi connectivity index (χ2v) is 5.45. The number of fused-ring (bicyclic) bond motifs is 3. The molecule has 20 heavy (non-hydrogen) atoms. The number of carbonyl (C=O) groups is 1. The minimum absolute atomic E-state index is 0.280. The second kappa shape index (κ2) is 4.10. The maximum Gasteiger partial charge on any atom is 0.354 e. The predicted molar refractivity (Wildman–Crippen MR) is 77.5 cm³/mol. The molecule has 0 saturated heterocycles. The summed E-state index contributed by atoms with van der Waals surface area (Å²) in [5.74, 6) is 0.154. The van der Waals surface area contributed by atoms with E-state index in [2.05, 4.69) is 18.8 Å². The molecule has 0 aliphatic heterocycles. The summed E-state index contributed by atoms with van der Waals surface area (Å²) in [5.41, 5.74) is 3.86. The molecule has 0 saturated carbocycles. The van der Waals surface area contributed by atoms with Gasteiger partial charge < -0.3 is 9.67 Å². The molecule has 5 heteroatoms. The van der Waals surface area contributed by atoms with Gasteiger partial charge in [-0.15, -0.1) is 0 Å². The fourth-order valence-electron chi connectivity index (χ4n) is 2.61. The molecule has 104 valence electrons. The summed E-state index contributed by atoms with van der Waals surface area (Å²) in [5, 5.41) is 9.44. The molecule has 0 aliphatic rings. The Bertz CT molecular complexity index is 840. The Morgan fingerprint density at radius 3 is 2.65 bits per heavy atom. The van der Waals surface area contributed by atoms with E-state index in [1.165, 1.54) is 5.56 Å². The number of rotatable bonds is 2. The third kappa shape index (κ3) is 1.56. The highest BCUT2D eigenvalue weighted by atomic mass is 16.4. The largest absolute Gasteiger partial charge is 0.477 e. The quantitative estimate of drug-likeness (QED) is 0.779. The molecule has 1 N–H and O–H groups in total. The van der Waals surface area contributed by atoms with Crippen LogP contribution >= 0.6 is 0 Å². The molecule has 0 bridgehead atoms. The van der Waals surface area contributed by atoms with Crippen molar-refractivity contribution in [2.45, 2.75) is 26.7 Å². The summed E-state index contributed by atoms with van der Waals surface area (Å²) >= 11 is 0. The SMILES string of the molecule is Cc1c(C(=O)O)n2c3ccc(C(C)C)cc3nc2n1C. The number of aromatic nitrogens is 3. The normalized spacial score (nSPS) is 11.8. The van der Waals surface area contributed by atoms with E-state index >= 15 is 0 Å². The van der Waals surface area contributed by atoms with Gasteiger partial charge in [0.25, 0.3) is 0 Å². The monoisotopic (exact) mass is 271 g/mol. The molecule has 0 unspecified atom stereocenters. The summed E-state index contributed by atoms with van der Waals surface area (Å²) in [4.78, 5) is 16.1. The Balaban J connectivity index is 2.44. The Morgan fingerprint density at radius 1 is 1.35 bits per heavy atom. The topological polar surface area (TPSA) is 59.5 Å². The molecular weight excluding hydrogens is 254 g/mol. The van der Waals surface area contributed by atoms with E-state index in [0.29, 0.717) is 17.4 Å². The smallest absolute Gasteiger partial charge is 0.354 e. The van der Waals surface area contributed by atoms with Crippen molar-refractivity contribution in [1.82, 2.24) is 14.0 Å². The van der Waals surface area contributed by atoms with E-state index in [9.17, 15) is 9.90 Å². The van der Waals surface area contributed by atoms with E-state index in [0.717, 1.165) is 11.0 Å². The fraction of sp³-hybridized carbons (Fsp3) is 0.333. The number of aryl methyl sites for hydroxylation is 1. The van der Waals surface area contributed by atoms with Gasteiger partial charge in [-0.2, -0.15) is 0 Å². The first-order valence-electron chi connectivity index (χ1n) is 6.62. The van der Waals surface area contributed by atoms with Gasteiger partial charge in [0.05, 0.1) is 11.0 Å². The van der Waals surface area contributed by atoms with Gasteiger partial charge in [0.2, 0.25) is 5.78 Å². The number of imidazole rings is 2. The lowest BCUT2D eigenvalue weighted by atomic mass is 10.0. The number of carboxylic acid groups (broad SMARTS) is 1. The van der Waals surface area contributed by atoms with E-state index < -0.39 is 5.97 Å². The third-order valence-electron chi connectivity index (χ3n) is 3.90. The predicted octanol–water partition coefficient (Wildman–Crippen LogP) is 2.96. The van der Waals surface area contributed by atoms with E-state index in [1.807, 2.05) is 29.8 Å². The minimum Gasteiger partial charge on any atom is -0.477 e. The summed E-state index contributed by atoms with van der Waals surface area (Å²) < 4.78 is 3.54. The molecule has 0 radical (unpaired) electrons. The Labute approximate surface area is 116 Å². The highest BCUT2D eigenvalue weighted by molar-refractivity contribution is 5.92. The van der Waals surface area contributed by atoms with Gasteiger partial charge in [0.1, 0.15) is 0 Å². The standard InChI is InChI=1S/C15H17N3O2/c1-8(2)10-5-6-12-11(7-10)16-15-17(4)9(3)13(14(19)20)18(12)15/h5-8H,1-4H3,(H,19,20). The van der Waals surface area contributed by atoms with Crippen LogP contribution in [0.3, 0.4) is 0 Å². The van der Waals surface area contributed by atoms with Crippen LogP contribution in [-0.4, -0.2) is 25.0 Å². The highest BCUT2D eigenvalue weighted by Gasteiger charge is 2.21. The van der Waals surface area contributed by atoms with E-state index in [1.54, 1.807) is 11.3 Å². The van der Waals surface area contributed by atoms with Crippen LogP contribution in [0.2, 0.25) is 0 Å². The van der Waals surface area contributed by atoms with Gasteiger partial charge in [0.15, 0.2) is 5.69 Å². The first kappa shape index (κ1) is 12.7. The Morgan fingerprint density at radius 2 is 2.05 bits per heavy atom. The average Bonchev–Trinajstić information content (AvgIpc) is 2.86. The van der Waals surface area contributed by atoms with Crippen molar-refractivity contribution in [1.29, 1.82) is 0 Å². The summed E-state index contributed by atoms with van der Waals surface area (Å²) in [7, 11) is 1.84. The van der Waals surface area contributed by atoms with E-state index in [-0.39, 0.29) is 5.69 Å². The summed E-state index contributed by atoms with van der Waals surface area (Å²) in [6, 6.07) is 6.03. The zero-order valence-corrected chi connectivity index (χ0v) is 12.0. The van der Waals surface area contributed by atoms with Crippen molar-refractivity contribution in [3.8, 4) is 0 Å². The molecule has 2 aromatic heterocycles. The lowest BCUT2D eigenvalue weighted by Gasteiger charge is -2.04. The van der Waals surface area contributed by atoms with Crippen LogP contribution < -0.4 is 0 Å². The summed E-state index contributed by atoms with van der Waals surface area (Å²) in [6.07, 6.45) is 0. The van der Waals surface area contributed by atoms with Crippen LogP contribution in [0.4, 0.5) is 0 Å². The molecule has 0 aliphatic carbocycles. The van der Waals surface area contributed by atoms with Crippen LogP contribution in [0.25, 0.3) is 16.8 Å². The molecule has 3 aromatic rings. The lowest BCUT2D eigenvalue weighted by molar-refractivity contribution is 0.0688. The van der Waals surface area contributed by atoms with Crippen LogP contribution in [0.5, 0.6) is 0 Å². The van der Waals surface area contributed by atoms with Crippen LogP contribution in [0.15, 0.2) is 18.2 Å². The first-order valence-corrected chi connectivity index (χ1v) is 6.62. The number of nitrogens with zero attached hydrogens (tertiary/aromatic N) is 3. The first-order chi connectivity index (χ1) is 9.41. The Kier molecular flexibility index (Phi) is 2.61. The van der Waals surface area contributed by atoms with Gasteiger partial charge in [-0.05, 0) is 30.5 Å². The molecule has 2 heterocycles. The molecule has 0 fully saturated rings. The molecule has 0 amide bonds. The average molecular weight is 271 g/mol. The van der Waals surface area contributed by atoms with Crippen LogP contribution in [-0.2, 0) is 7.05 Å². The van der Waals surface area contributed by atoms with Gasteiger partial charge in [-0.25, -0.2) is 9.78 Å². The number of aromatic carboxylic acids is 1. The van der Waals surface area contributed by atoms with Crippen molar-refractivity contribution in [2.24, 2.45) is 7.05 Å². The molecule has 0 atom stereocenters. The van der Waals surface area contributed by atoms with Gasteiger partial charge in [-0.3, -0.25) is 4.40 Å². The molecular formula is C15H17N3O2. The van der Waals surface area contributed by atoms with Gasteiger partial charge >= 0.3 is 5.97 Å². The summed E-state index contributed by atoms with van der Waals surface area (Å²) in [6.45, 7) is 6.06. The van der Waals surface area contributed by atoms with Crippen molar-refractivity contribution >= 4 is 22.8 Å². The number of benzene rings is 1. The highest BCUT2D eigenvalue weighted by Crippen LogP contribution is 2.25. The van der Waals surface area contributed by atoms with Crippen molar-refractivity contribution in [2.75, 3.05) is 0 Å². The van der Waals surface area contributed by atoms with Crippen LogP contribution in [0.1, 0.15) is 41.5 Å². The fourth-order valence-corrected chi connectivity index (χ4v) is 2.61. The molecule has 3 rings (SSSR count). The van der Waals surface area contributed by atoms with Crippen molar-refractivity contribution in [3.05, 3.63) is 35.2 Å². The van der Waals surface area contributed by atoms with Gasteiger partial charge in [-0.1, -0.05) is 19.9 Å². The number of carboxylic acids is 1. The maximum absolute atomic E-state index is 11.5.